The lowest BCUT2D eigenvalue weighted by Crippen LogP contribution is -2.25. The van der Waals surface area contributed by atoms with E-state index in [-0.39, 0.29) is 17.3 Å². The first-order valence-corrected chi connectivity index (χ1v) is 6.02. The topological polar surface area (TPSA) is 35.5 Å². The van der Waals surface area contributed by atoms with Crippen molar-refractivity contribution in [1.29, 1.82) is 0 Å². The zero-order valence-corrected chi connectivity index (χ0v) is 10.1. The van der Waals surface area contributed by atoms with Gasteiger partial charge in [0.15, 0.2) is 0 Å². The molecule has 2 aliphatic rings. The number of esters is 1. The van der Waals surface area contributed by atoms with Gasteiger partial charge in [-0.1, -0.05) is 25.1 Å². The molecule has 1 spiro atoms. The van der Waals surface area contributed by atoms with Crippen molar-refractivity contribution in [3.8, 4) is 5.75 Å². The highest BCUT2D eigenvalue weighted by Crippen LogP contribution is 2.65. The van der Waals surface area contributed by atoms with Crippen LogP contribution in [0.1, 0.15) is 18.9 Å². The van der Waals surface area contributed by atoms with Crippen molar-refractivity contribution >= 4 is 5.97 Å². The van der Waals surface area contributed by atoms with Crippen LogP contribution in [0, 0.1) is 11.8 Å². The number of hydrogen-bond donors (Lipinski definition) is 0. The maximum absolute atomic E-state index is 11.8. The second-order valence-corrected chi connectivity index (χ2v) is 4.92. The van der Waals surface area contributed by atoms with Crippen LogP contribution in [-0.2, 0) is 14.9 Å². The minimum absolute atomic E-state index is 0.00227. The average Bonchev–Trinajstić information content (AvgIpc) is 2.94. The first-order chi connectivity index (χ1) is 8.21. The summed E-state index contributed by atoms with van der Waals surface area (Å²) in [4.78, 5) is 11.8. The molecule has 0 bridgehead atoms. The van der Waals surface area contributed by atoms with Gasteiger partial charge in [-0.25, -0.2) is 0 Å². The van der Waals surface area contributed by atoms with Crippen molar-refractivity contribution in [2.24, 2.45) is 11.8 Å². The lowest BCUT2D eigenvalue weighted by Gasteiger charge is -2.27. The summed E-state index contributed by atoms with van der Waals surface area (Å²) in [6, 6.07) is 8.04. The smallest absolute Gasteiger partial charge is 0.309 e. The SMILES string of the molecule is COC(=O)C1C(C)C12CCOc1ccccc12. The lowest BCUT2D eigenvalue weighted by molar-refractivity contribution is -0.143. The summed E-state index contributed by atoms with van der Waals surface area (Å²) < 4.78 is 10.6. The molecule has 1 aromatic carbocycles. The summed E-state index contributed by atoms with van der Waals surface area (Å²) in [6.45, 7) is 2.82. The van der Waals surface area contributed by atoms with Gasteiger partial charge in [0.25, 0.3) is 0 Å². The van der Waals surface area contributed by atoms with Crippen molar-refractivity contribution in [3.05, 3.63) is 29.8 Å². The van der Waals surface area contributed by atoms with Crippen molar-refractivity contribution < 1.29 is 14.3 Å². The van der Waals surface area contributed by atoms with Gasteiger partial charge >= 0.3 is 5.97 Å². The zero-order chi connectivity index (χ0) is 12.0. The van der Waals surface area contributed by atoms with Crippen molar-refractivity contribution in [2.75, 3.05) is 13.7 Å². The van der Waals surface area contributed by atoms with Gasteiger partial charge in [0.2, 0.25) is 0 Å². The largest absolute Gasteiger partial charge is 0.493 e. The second kappa shape index (κ2) is 3.49. The molecule has 0 saturated heterocycles. The van der Waals surface area contributed by atoms with Crippen molar-refractivity contribution in [1.82, 2.24) is 0 Å². The van der Waals surface area contributed by atoms with E-state index >= 15 is 0 Å². The Morgan fingerprint density at radius 2 is 2.24 bits per heavy atom. The van der Waals surface area contributed by atoms with Gasteiger partial charge in [-0.15, -0.1) is 0 Å². The van der Waals surface area contributed by atoms with Crippen LogP contribution in [0.25, 0.3) is 0 Å². The molecule has 3 unspecified atom stereocenters. The van der Waals surface area contributed by atoms with Gasteiger partial charge in [0.1, 0.15) is 5.75 Å². The van der Waals surface area contributed by atoms with E-state index in [1.807, 2.05) is 18.2 Å². The van der Waals surface area contributed by atoms with E-state index in [1.54, 1.807) is 0 Å². The van der Waals surface area contributed by atoms with E-state index in [0.29, 0.717) is 12.5 Å². The Morgan fingerprint density at radius 1 is 1.47 bits per heavy atom. The number of carbonyl (C=O) groups is 1. The number of ether oxygens (including phenoxy) is 2. The number of para-hydroxylation sites is 1. The molecule has 1 aliphatic heterocycles. The molecule has 1 aromatic rings. The van der Waals surface area contributed by atoms with E-state index < -0.39 is 0 Å². The Balaban J connectivity index is 2.04. The molecule has 17 heavy (non-hydrogen) atoms. The standard InChI is InChI=1S/C14H16O3/c1-9-12(13(15)16-2)14(9)7-8-17-11-6-4-3-5-10(11)14/h3-6,9,12H,7-8H2,1-2H3. The monoisotopic (exact) mass is 232 g/mol. The molecular weight excluding hydrogens is 216 g/mol. The highest BCUT2D eigenvalue weighted by molar-refractivity contribution is 5.80. The quantitative estimate of drug-likeness (QED) is 0.696. The Hall–Kier alpha value is -1.51. The third-order valence-corrected chi connectivity index (χ3v) is 4.38. The fourth-order valence-corrected chi connectivity index (χ4v) is 3.41. The van der Waals surface area contributed by atoms with Crippen LogP contribution in [-0.4, -0.2) is 19.7 Å². The number of benzene rings is 1. The molecule has 0 radical (unpaired) electrons. The van der Waals surface area contributed by atoms with Crippen molar-refractivity contribution in [2.45, 2.75) is 18.8 Å². The zero-order valence-electron chi connectivity index (χ0n) is 10.1. The molecule has 3 rings (SSSR count). The first-order valence-electron chi connectivity index (χ1n) is 6.02. The second-order valence-electron chi connectivity index (χ2n) is 4.92. The van der Waals surface area contributed by atoms with Gasteiger partial charge in [0, 0.05) is 11.0 Å². The van der Waals surface area contributed by atoms with Crippen LogP contribution in [0.15, 0.2) is 24.3 Å². The predicted octanol–water partition coefficient (Wildman–Crippen LogP) is 2.15. The lowest BCUT2D eigenvalue weighted by atomic mass is 9.86. The third-order valence-electron chi connectivity index (χ3n) is 4.38. The number of methoxy groups -OCH3 is 1. The van der Waals surface area contributed by atoms with Gasteiger partial charge in [-0.3, -0.25) is 4.79 Å². The Kier molecular flexibility index (Phi) is 2.18. The van der Waals surface area contributed by atoms with Crippen LogP contribution >= 0.6 is 0 Å². The van der Waals surface area contributed by atoms with Gasteiger partial charge in [-0.2, -0.15) is 0 Å². The summed E-state index contributed by atoms with van der Waals surface area (Å²) in [5.74, 6) is 1.18. The molecular formula is C14H16O3. The molecule has 1 saturated carbocycles. The molecule has 0 aromatic heterocycles. The number of fused-ring (bicyclic) bond motifs is 2. The third kappa shape index (κ3) is 1.25. The molecule has 1 aliphatic carbocycles. The Labute approximate surface area is 101 Å². The van der Waals surface area contributed by atoms with Crippen LogP contribution in [0.3, 0.4) is 0 Å². The fraction of sp³-hybridized carbons (Fsp3) is 0.500. The van der Waals surface area contributed by atoms with Crippen LogP contribution in [0.4, 0.5) is 0 Å². The molecule has 90 valence electrons. The predicted molar refractivity (Wildman–Crippen MR) is 62.9 cm³/mol. The molecule has 0 N–H and O–H groups in total. The fourth-order valence-electron chi connectivity index (χ4n) is 3.41. The van der Waals surface area contributed by atoms with Crippen LogP contribution in [0.5, 0.6) is 5.75 Å². The van der Waals surface area contributed by atoms with Gasteiger partial charge < -0.3 is 9.47 Å². The Bertz CT molecular complexity index is 468. The maximum Gasteiger partial charge on any atom is 0.309 e. The molecule has 3 heteroatoms. The highest BCUT2D eigenvalue weighted by Gasteiger charge is 2.68. The van der Waals surface area contributed by atoms with Gasteiger partial charge in [0.05, 0.1) is 19.6 Å². The molecule has 1 heterocycles. The first kappa shape index (κ1) is 10.6. The van der Waals surface area contributed by atoms with E-state index in [0.717, 1.165) is 12.2 Å². The molecule has 0 amide bonds. The average molecular weight is 232 g/mol. The van der Waals surface area contributed by atoms with Crippen LogP contribution in [0.2, 0.25) is 0 Å². The van der Waals surface area contributed by atoms with Crippen molar-refractivity contribution in [3.63, 3.8) is 0 Å². The van der Waals surface area contributed by atoms with E-state index in [2.05, 4.69) is 13.0 Å². The normalized spacial score (nSPS) is 33.8. The number of carbonyl (C=O) groups excluding carboxylic acids is 1. The molecule has 3 atom stereocenters. The minimum atomic E-state index is -0.0887. The number of hydrogen-bond acceptors (Lipinski definition) is 3. The summed E-state index contributed by atoms with van der Waals surface area (Å²) in [5, 5.41) is 0. The molecule has 1 fully saturated rings. The maximum atomic E-state index is 11.8. The van der Waals surface area contributed by atoms with E-state index in [4.69, 9.17) is 9.47 Å². The molecule has 3 nitrogen and oxygen atoms in total. The summed E-state index contributed by atoms with van der Waals surface area (Å²) in [7, 11) is 1.46. The summed E-state index contributed by atoms with van der Waals surface area (Å²) >= 11 is 0. The van der Waals surface area contributed by atoms with E-state index in [1.165, 1.54) is 12.7 Å². The minimum Gasteiger partial charge on any atom is -0.493 e. The summed E-state index contributed by atoms with van der Waals surface area (Å²) in [5.41, 5.74) is 1.14. The van der Waals surface area contributed by atoms with Crippen LogP contribution < -0.4 is 4.74 Å². The highest BCUT2D eigenvalue weighted by atomic mass is 16.5. The van der Waals surface area contributed by atoms with Gasteiger partial charge in [-0.05, 0) is 18.4 Å². The number of rotatable bonds is 1. The van der Waals surface area contributed by atoms with E-state index in [9.17, 15) is 4.79 Å². The summed E-state index contributed by atoms with van der Waals surface area (Å²) in [6.07, 6.45) is 0.908. The Morgan fingerprint density at radius 3 is 3.00 bits per heavy atom.